The molecular weight excluding hydrogens is 478 g/mol. The lowest BCUT2D eigenvalue weighted by atomic mass is 9.98. The van der Waals surface area contributed by atoms with E-state index in [0.717, 1.165) is 11.1 Å². The van der Waals surface area contributed by atoms with Crippen LogP contribution in [0.3, 0.4) is 0 Å². The molecule has 0 bridgehead atoms. The average molecular weight is 496 g/mol. The number of aromatic carboxylic acids is 1. The van der Waals surface area contributed by atoms with Gasteiger partial charge in [-0.15, -0.1) is 0 Å². The number of carboxylic acid groups (broad SMARTS) is 1. The Morgan fingerprint density at radius 1 is 0.886 bits per heavy atom. The normalized spacial score (nSPS) is 15.4. The van der Waals surface area contributed by atoms with E-state index >= 15 is 0 Å². The summed E-state index contributed by atoms with van der Waals surface area (Å²) in [5.41, 5.74) is -1.22. The number of rotatable bonds is 6. The Bertz CT molecular complexity index is 1200. The highest BCUT2D eigenvalue weighted by atomic mass is 19.4. The molecule has 0 fully saturated rings. The Kier molecular flexibility index (Phi) is 6.40. The molecule has 1 atom stereocenters. The van der Waals surface area contributed by atoms with Crippen LogP contribution in [0.5, 0.6) is 11.5 Å². The lowest BCUT2D eigenvalue weighted by Gasteiger charge is -2.16. The van der Waals surface area contributed by atoms with E-state index in [-0.39, 0.29) is 36.6 Å². The highest BCUT2D eigenvalue weighted by molar-refractivity contribution is 5.87. The van der Waals surface area contributed by atoms with E-state index in [4.69, 9.17) is 14.6 Å². The number of hydrogen-bond acceptors (Lipinski definition) is 3. The molecule has 0 spiro atoms. The molecule has 0 saturated heterocycles. The van der Waals surface area contributed by atoms with Crippen molar-refractivity contribution in [2.45, 2.75) is 37.9 Å². The number of hydrogen-bond donors (Lipinski definition) is 1. The van der Waals surface area contributed by atoms with E-state index in [1.807, 2.05) is 0 Å². The smallest absolute Gasteiger partial charge is 0.416 e. The second-order valence-electron chi connectivity index (χ2n) is 8.12. The second-order valence-corrected chi connectivity index (χ2v) is 8.12. The zero-order valence-corrected chi connectivity index (χ0v) is 17.9. The highest BCUT2D eigenvalue weighted by Gasteiger charge is 2.37. The first-order valence-electron chi connectivity index (χ1n) is 10.4. The summed E-state index contributed by atoms with van der Waals surface area (Å²) >= 11 is 0. The maximum Gasteiger partial charge on any atom is 0.416 e. The van der Waals surface area contributed by atoms with Crippen LogP contribution in [0.25, 0.3) is 0 Å². The van der Waals surface area contributed by atoms with Gasteiger partial charge in [0.25, 0.3) is 0 Å². The summed E-state index contributed by atoms with van der Waals surface area (Å²) in [6.07, 6.45) is -10.3. The molecule has 1 heterocycles. The van der Waals surface area contributed by atoms with Crippen molar-refractivity contribution < 1.29 is 45.7 Å². The molecule has 4 rings (SSSR count). The van der Waals surface area contributed by atoms with Gasteiger partial charge < -0.3 is 14.6 Å². The molecule has 3 aromatic rings. The van der Waals surface area contributed by atoms with Crippen LogP contribution in [0, 0.1) is 0 Å². The van der Waals surface area contributed by atoms with Crippen LogP contribution >= 0.6 is 0 Å². The fourth-order valence-corrected chi connectivity index (χ4v) is 3.81. The largest absolute Gasteiger partial charge is 0.489 e. The SMILES string of the molecule is O=C(O)c1ccc(COc2ccc3c(c2)CC(Cc2cc(C(F)(F)F)cc(C(F)(F)F)c2)O3)cc1. The molecule has 0 aliphatic carbocycles. The molecule has 35 heavy (non-hydrogen) atoms. The molecule has 0 amide bonds. The number of fused-ring (bicyclic) bond motifs is 1. The number of halogens is 6. The lowest BCUT2D eigenvalue weighted by molar-refractivity contribution is -0.143. The van der Waals surface area contributed by atoms with Crippen molar-refractivity contribution in [1.29, 1.82) is 0 Å². The Hall–Kier alpha value is -3.69. The summed E-state index contributed by atoms with van der Waals surface area (Å²) in [7, 11) is 0. The van der Waals surface area contributed by atoms with E-state index in [2.05, 4.69) is 0 Å². The van der Waals surface area contributed by atoms with Gasteiger partial charge in [0.2, 0.25) is 0 Å². The standard InChI is InChI=1S/C25H18F6O4/c26-24(27,28)18-7-15(8-19(12-18)25(29,30)31)9-21-11-17-10-20(5-6-22(17)35-21)34-13-14-1-3-16(4-2-14)23(32)33/h1-8,10,12,21H,9,11,13H2,(H,32,33). The van der Waals surface area contributed by atoms with Crippen LogP contribution in [-0.2, 0) is 31.8 Å². The monoisotopic (exact) mass is 496 g/mol. The third kappa shape index (κ3) is 5.87. The van der Waals surface area contributed by atoms with Gasteiger partial charge >= 0.3 is 18.3 Å². The minimum absolute atomic E-state index is 0.104. The van der Waals surface area contributed by atoms with Crippen LogP contribution in [0.1, 0.15) is 38.2 Å². The topological polar surface area (TPSA) is 55.8 Å². The van der Waals surface area contributed by atoms with Crippen LogP contribution in [0.2, 0.25) is 0 Å². The van der Waals surface area contributed by atoms with Gasteiger partial charge in [-0.2, -0.15) is 26.3 Å². The summed E-state index contributed by atoms with van der Waals surface area (Å²) < 4.78 is 90.2. The molecule has 3 aromatic carbocycles. The van der Waals surface area contributed by atoms with E-state index in [0.29, 0.717) is 23.6 Å². The predicted octanol–water partition coefficient (Wildman–Crippen LogP) is 6.55. The van der Waals surface area contributed by atoms with Gasteiger partial charge in [0, 0.05) is 18.4 Å². The fourth-order valence-electron chi connectivity index (χ4n) is 3.81. The molecule has 0 radical (unpaired) electrons. The van der Waals surface area contributed by atoms with Crippen molar-refractivity contribution in [2.75, 3.05) is 0 Å². The number of alkyl halides is 6. The molecule has 4 nitrogen and oxygen atoms in total. The van der Waals surface area contributed by atoms with Crippen molar-refractivity contribution in [3.8, 4) is 11.5 Å². The number of benzene rings is 3. The fraction of sp³-hybridized carbons (Fsp3) is 0.240. The van der Waals surface area contributed by atoms with Gasteiger partial charge in [-0.25, -0.2) is 4.79 Å². The predicted molar refractivity (Wildman–Crippen MR) is 112 cm³/mol. The molecule has 1 aliphatic heterocycles. The minimum atomic E-state index is -4.91. The maximum absolute atomic E-state index is 13.1. The van der Waals surface area contributed by atoms with Crippen molar-refractivity contribution in [1.82, 2.24) is 0 Å². The van der Waals surface area contributed by atoms with Crippen molar-refractivity contribution >= 4 is 5.97 Å². The first-order valence-corrected chi connectivity index (χ1v) is 10.4. The van der Waals surface area contributed by atoms with E-state index in [1.165, 1.54) is 12.1 Å². The van der Waals surface area contributed by atoms with Crippen LogP contribution in [0.15, 0.2) is 60.7 Å². The molecule has 0 aromatic heterocycles. The van der Waals surface area contributed by atoms with Gasteiger partial charge in [-0.05, 0) is 59.7 Å². The number of carboxylic acids is 1. The molecule has 184 valence electrons. The van der Waals surface area contributed by atoms with Gasteiger partial charge in [0.15, 0.2) is 0 Å². The molecular formula is C25H18F6O4. The number of carbonyl (C=O) groups is 1. The van der Waals surface area contributed by atoms with E-state index in [1.54, 1.807) is 30.3 Å². The van der Waals surface area contributed by atoms with E-state index < -0.39 is 35.6 Å². The molecule has 1 unspecified atom stereocenters. The molecule has 1 N–H and O–H groups in total. The maximum atomic E-state index is 13.1. The van der Waals surface area contributed by atoms with Crippen molar-refractivity contribution in [2.24, 2.45) is 0 Å². The van der Waals surface area contributed by atoms with Crippen molar-refractivity contribution in [3.63, 3.8) is 0 Å². The zero-order valence-electron chi connectivity index (χ0n) is 17.9. The summed E-state index contributed by atoms with van der Waals surface area (Å²) in [6, 6.07) is 12.7. The van der Waals surface area contributed by atoms with Gasteiger partial charge in [0.05, 0.1) is 16.7 Å². The van der Waals surface area contributed by atoms with Gasteiger partial charge in [0.1, 0.15) is 24.2 Å². The first-order chi connectivity index (χ1) is 16.4. The summed E-state index contributed by atoms with van der Waals surface area (Å²) in [5, 5.41) is 8.94. The quantitative estimate of drug-likeness (QED) is 0.394. The Morgan fingerprint density at radius 2 is 1.51 bits per heavy atom. The lowest BCUT2D eigenvalue weighted by Crippen LogP contribution is -2.18. The van der Waals surface area contributed by atoms with E-state index in [9.17, 15) is 31.1 Å². The zero-order chi connectivity index (χ0) is 25.4. The Labute approximate surface area is 195 Å². The Morgan fingerprint density at radius 3 is 2.09 bits per heavy atom. The second kappa shape index (κ2) is 9.16. The third-order valence-corrected chi connectivity index (χ3v) is 5.49. The van der Waals surface area contributed by atoms with Crippen molar-refractivity contribution in [3.05, 3.63) is 94.0 Å². The molecule has 0 saturated carbocycles. The van der Waals surface area contributed by atoms with Crippen LogP contribution < -0.4 is 9.47 Å². The molecule has 10 heteroatoms. The minimum Gasteiger partial charge on any atom is -0.489 e. The van der Waals surface area contributed by atoms with Gasteiger partial charge in [-0.1, -0.05) is 12.1 Å². The summed E-state index contributed by atoms with van der Waals surface area (Å²) in [4.78, 5) is 10.9. The molecule has 1 aliphatic rings. The summed E-state index contributed by atoms with van der Waals surface area (Å²) in [5.74, 6) is -0.0599. The number of ether oxygens (including phenoxy) is 2. The van der Waals surface area contributed by atoms with Crippen LogP contribution in [0.4, 0.5) is 26.3 Å². The van der Waals surface area contributed by atoms with Gasteiger partial charge in [-0.3, -0.25) is 0 Å². The average Bonchev–Trinajstić information content (AvgIpc) is 3.18. The first kappa shape index (κ1) is 24.4. The highest BCUT2D eigenvalue weighted by Crippen LogP contribution is 2.38. The summed E-state index contributed by atoms with van der Waals surface area (Å²) in [6.45, 7) is 0.174. The van der Waals surface area contributed by atoms with Crippen LogP contribution in [-0.4, -0.2) is 17.2 Å². The third-order valence-electron chi connectivity index (χ3n) is 5.49. The Balaban J connectivity index is 1.44.